The lowest BCUT2D eigenvalue weighted by molar-refractivity contribution is -0.137. The molecule has 0 bridgehead atoms. The van der Waals surface area contributed by atoms with Crippen molar-refractivity contribution in [3.05, 3.63) is 21.9 Å². The largest absolute Gasteiger partial charge is 0.337 e. The van der Waals surface area contributed by atoms with Crippen LogP contribution in [0.25, 0.3) is 0 Å². The molecule has 3 nitrogen and oxygen atoms in total. The second-order valence-electron chi connectivity index (χ2n) is 5.40. The molecule has 1 aliphatic heterocycles. The molecule has 2 heterocycles. The molecule has 0 aromatic carbocycles. The molecule has 100 valence electrons. The zero-order valence-electron chi connectivity index (χ0n) is 11.6. The van der Waals surface area contributed by atoms with Crippen molar-refractivity contribution in [3.8, 4) is 0 Å². The zero-order valence-corrected chi connectivity index (χ0v) is 12.4. The Labute approximate surface area is 113 Å². The molecular formula is C14H22N2OS. The average molecular weight is 266 g/mol. The molecule has 2 unspecified atom stereocenters. The van der Waals surface area contributed by atoms with E-state index in [9.17, 15) is 4.79 Å². The van der Waals surface area contributed by atoms with Gasteiger partial charge in [0.25, 0.3) is 0 Å². The number of nitrogens with zero attached hydrogens (tertiary/aromatic N) is 1. The summed E-state index contributed by atoms with van der Waals surface area (Å²) in [6.07, 6.45) is 2.02. The van der Waals surface area contributed by atoms with Crippen LogP contribution in [0.4, 0.5) is 0 Å². The van der Waals surface area contributed by atoms with E-state index in [-0.39, 0.29) is 17.5 Å². The number of likely N-dealkylation sites (N-methyl/N-ethyl adjacent to an activating group) is 1. The molecule has 0 aliphatic carbocycles. The summed E-state index contributed by atoms with van der Waals surface area (Å²) >= 11 is 1.77. The molecule has 0 saturated carbocycles. The van der Waals surface area contributed by atoms with Crippen LogP contribution in [-0.2, 0) is 4.79 Å². The third-order valence-corrected chi connectivity index (χ3v) is 5.09. The molecular weight excluding hydrogens is 244 g/mol. The van der Waals surface area contributed by atoms with Gasteiger partial charge in [-0.05, 0) is 52.3 Å². The number of amides is 1. The molecule has 2 atom stereocenters. The van der Waals surface area contributed by atoms with E-state index >= 15 is 0 Å². The maximum atomic E-state index is 12.6. The van der Waals surface area contributed by atoms with E-state index < -0.39 is 0 Å². The molecule has 1 amide bonds. The first-order valence-corrected chi connectivity index (χ1v) is 7.34. The molecule has 1 saturated heterocycles. The summed E-state index contributed by atoms with van der Waals surface area (Å²) < 4.78 is 0. The van der Waals surface area contributed by atoms with Crippen LogP contribution < -0.4 is 5.32 Å². The molecule has 4 heteroatoms. The van der Waals surface area contributed by atoms with Gasteiger partial charge in [-0.3, -0.25) is 4.79 Å². The minimum Gasteiger partial charge on any atom is -0.337 e. The van der Waals surface area contributed by atoms with Crippen LogP contribution in [0.2, 0.25) is 0 Å². The summed E-state index contributed by atoms with van der Waals surface area (Å²) in [5.74, 6) is 0.207. The van der Waals surface area contributed by atoms with Crippen LogP contribution >= 0.6 is 11.3 Å². The van der Waals surface area contributed by atoms with Gasteiger partial charge < -0.3 is 10.2 Å². The fraction of sp³-hybridized carbons (Fsp3) is 0.643. The standard InChI is InChI=1S/C14H22N2OS/c1-10-6-7-12(18-10)11(2)16(4)13(17)14(3)8-5-9-15-14/h6-7,11,15H,5,8-9H2,1-4H3. The zero-order chi connectivity index (χ0) is 13.3. The van der Waals surface area contributed by atoms with Crippen LogP contribution in [0.5, 0.6) is 0 Å². The van der Waals surface area contributed by atoms with Gasteiger partial charge in [-0.15, -0.1) is 11.3 Å². The lowest BCUT2D eigenvalue weighted by atomic mass is 9.98. The van der Waals surface area contributed by atoms with Crippen molar-refractivity contribution in [1.29, 1.82) is 0 Å². The second kappa shape index (κ2) is 5.02. The van der Waals surface area contributed by atoms with Gasteiger partial charge in [-0.2, -0.15) is 0 Å². The van der Waals surface area contributed by atoms with Crippen LogP contribution in [0.1, 0.15) is 42.5 Å². The topological polar surface area (TPSA) is 32.3 Å². The van der Waals surface area contributed by atoms with Crippen molar-refractivity contribution in [2.75, 3.05) is 13.6 Å². The van der Waals surface area contributed by atoms with Gasteiger partial charge in [-0.25, -0.2) is 0 Å². The van der Waals surface area contributed by atoms with Crippen LogP contribution in [0, 0.1) is 6.92 Å². The molecule has 1 fully saturated rings. The third kappa shape index (κ3) is 2.45. The van der Waals surface area contributed by atoms with Gasteiger partial charge in [0.15, 0.2) is 0 Å². The number of hydrogen-bond acceptors (Lipinski definition) is 3. The average Bonchev–Trinajstić information content (AvgIpc) is 2.96. The Kier molecular flexibility index (Phi) is 3.78. The van der Waals surface area contributed by atoms with E-state index in [0.29, 0.717) is 0 Å². The van der Waals surface area contributed by atoms with Crippen molar-refractivity contribution in [2.45, 2.75) is 45.2 Å². The fourth-order valence-corrected chi connectivity index (χ4v) is 3.48. The number of thiophene rings is 1. The molecule has 1 aliphatic rings. The summed E-state index contributed by atoms with van der Waals surface area (Å²) in [7, 11) is 1.91. The van der Waals surface area contributed by atoms with E-state index in [1.54, 1.807) is 11.3 Å². The Balaban J connectivity index is 2.11. The lowest BCUT2D eigenvalue weighted by Crippen LogP contribution is -2.52. The van der Waals surface area contributed by atoms with Gasteiger partial charge in [0.1, 0.15) is 0 Å². The summed E-state index contributed by atoms with van der Waals surface area (Å²) in [6.45, 7) is 7.16. The highest BCUT2D eigenvalue weighted by atomic mass is 32.1. The Morgan fingerprint density at radius 1 is 1.56 bits per heavy atom. The van der Waals surface area contributed by atoms with E-state index in [1.807, 2.05) is 18.9 Å². The SMILES string of the molecule is Cc1ccc(C(C)N(C)C(=O)C2(C)CCCN2)s1. The number of rotatable bonds is 3. The highest BCUT2D eigenvalue weighted by Crippen LogP contribution is 2.29. The summed E-state index contributed by atoms with van der Waals surface area (Å²) in [5.41, 5.74) is -0.366. The quantitative estimate of drug-likeness (QED) is 0.912. The minimum atomic E-state index is -0.366. The second-order valence-corrected chi connectivity index (χ2v) is 6.72. The maximum Gasteiger partial charge on any atom is 0.242 e. The van der Waals surface area contributed by atoms with Crippen LogP contribution in [0.15, 0.2) is 12.1 Å². The monoisotopic (exact) mass is 266 g/mol. The molecule has 1 N–H and O–H groups in total. The van der Waals surface area contributed by atoms with E-state index in [0.717, 1.165) is 19.4 Å². The Morgan fingerprint density at radius 2 is 2.28 bits per heavy atom. The fourth-order valence-electron chi connectivity index (χ4n) is 2.51. The Hall–Kier alpha value is -0.870. The summed E-state index contributed by atoms with van der Waals surface area (Å²) in [4.78, 5) is 17.0. The van der Waals surface area contributed by atoms with E-state index in [4.69, 9.17) is 0 Å². The lowest BCUT2D eigenvalue weighted by Gasteiger charge is -2.32. The van der Waals surface area contributed by atoms with Crippen LogP contribution in [0.3, 0.4) is 0 Å². The first kappa shape index (κ1) is 13.6. The molecule has 0 radical (unpaired) electrons. The van der Waals surface area contributed by atoms with Gasteiger partial charge in [0, 0.05) is 16.8 Å². The predicted molar refractivity (Wildman–Crippen MR) is 75.9 cm³/mol. The van der Waals surface area contributed by atoms with Crippen LogP contribution in [-0.4, -0.2) is 29.9 Å². The first-order valence-electron chi connectivity index (χ1n) is 6.53. The molecule has 1 aromatic rings. The van der Waals surface area contributed by atoms with Gasteiger partial charge in [-0.1, -0.05) is 0 Å². The number of aryl methyl sites for hydroxylation is 1. The highest BCUT2D eigenvalue weighted by Gasteiger charge is 2.39. The Morgan fingerprint density at radius 3 is 2.78 bits per heavy atom. The van der Waals surface area contributed by atoms with Crippen molar-refractivity contribution < 1.29 is 4.79 Å². The predicted octanol–water partition coefficient (Wildman–Crippen LogP) is 2.72. The molecule has 1 aromatic heterocycles. The minimum absolute atomic E-state index is 0.149. The number of carbonyl (C=O) groups is 1. The third-order valence-electron chi connectivity index (χ3n) is 3.91. The smallest absolute Gasteiger partial charge is 0.242 e. The summed E-state index contributed by atoms with van der Waals surface area (Å²) in [6, 6.07) is 4.39. The van der Waals surface area contributed by atoms with E-state index in [1.165, 1.54) is 9.75 Å². The molecule has 18 heavy (non-hydrogen) atoms. The Bertz CT molecular complexity index is 435. The molecule has 2 rings (SSSR count). The molecule has 0 spiro atoms. The number of carbonyl (C=O) groups excluding carboxylic acids is 1. The van der Waals surface area contributed by atoms with Gasteiger partial charge in [0.2, 0.25) is 5.91 Å². The normalized spacial score (nSPS) is 25.1. The van der Waals surface area contributed by atoms with Crippen molar-refractivity contribution >= 4 is 17.2 Å². The highest BCUT2D eigenvalue weighted by molar-refractivity contribution is 7.12. The van der Waals surface area contributed by atoms with E-state index in [2.05, 4.69) is 31.3 Å². The van der Waals surface area contributed by atoms with Gasteiger partial charge >= 0.3 is 0 Å². The summed E-state index contributed by atoms with van der Waals surface area (Å²) in [5, 5.41) is 3.34. The van der Waals surface area contributed by atoms with Gasteiger partial charge in [0.05, 0.1) is 11.6 Å². The number of nitrogens with one attached hydrogen (secondary N) is 1. The van der Waals surface area contributed by atoms with Crippen molar-refractivity contribution in [3.63, 3.8) is 0 Å². The van der Waals surface area contributed by atoms with Crippen molar-refractivity contribution in [1.82, 2.24) is 10.2 Å². The first-order chi connectivity index (χ1) is 8.44. The number of hydrogen-bond donors (Lipinski definition) is 1. The maximum absolute atomic E-state index is 12.6. The van der Waals surface area contributed by atoms with Crippen molar-refractivity contribution in [2.24, 2.45) is 0 Å².